The zero-order chi connectivity index (χ0) is 18.7. The molecule has 0 radical (unpaired) electrons. The smallest absolute Gasteiger partial charge is 0.341 e. The van der Waals surface area contributed by atoms with Gasteiger partial charge in [-0.2, -0.15) is 0 Å². The van der Waals surface area contributed by atoms with Gasteiger partial charge in [0, 0.05) is 5.92 Å². The van der Waals surface area contributed by atoms with Crippen molar-refractivity contribution in [3.63, 3.8) is 0 Å². The number of aromatic carboxylic acids is 1. The number of carbonyl (C=O) groups excluding carboxylic acids is 1. The maximum Gasteiger partial charge on any atom is 0.341 e. The lowest BCUT2D eigenvalue weighted by molar-refractivity contribution is 0.0469. The molecule has 132 valence electrons. The normalized spacial score (nSPS) is 13.5. The predicted molar refractivity (Wildman–Crippen MR) is 96.0 cm³/mol. The summed E-state index contributed by atoms with van der Waals surface area (Å²) in [7, 11) is 0. The van der Waals surface area contributed by atoms with Crippen LogP contribution in [0.25, 0.3) is 0 Å². The number of benzene rings is 1. The summed E-state index contributed by atoms with van der Waals surface area (Å²) < 4.78 is 5.42. The number of rotatable bonds is 5. The minimum Gasteiger partial charge on any atom is -0.478 e. The molecule has 26 heavy (non-hydrogen) atoms. The van der Waals surface area contributed by atoms with Gasteiger partial charge in [0.1, 0.15) is 6.61 Å². The zero-order valence-corrected chi connectivity index (χ0v) is 14.5. The fourth-order valence-electron chi connectivity index (χ4n) is 3.11. The number of hydrogen-bond donors (Lipinski definition) is 1. The third kappa shape index (κ3) is 3.31. The summed E-state index contributed by atoms with van der Waals surface area (Å²) in [6.07, 6.45) is 8.44. The standard InChI is InChI=1S/C21H19NO4/c1-3-16-17(20(23)24)13(2)22-19(15-10-7-11-15)18(16)21(25)26-12-14-8-5-4-6-9-14/h1,4-6,8-9,15H,7,10-12H2,2H3,(H,23,24). The van der Waals surface area contributed by atoms with Crippen molar-refractivity contribution >= 4 is 11.9 Å². The second-order valence-corrected chi connectivity index (χ2v) is 6.35. The second-order valence-electron chi connectivity index (χ2n) is 6.35. The first-order valence-corrected chi connectivity index (χ1v) is 8.48. The average molecular weight is 349 g/mol. The van der Waals surface area contributed by atoms with E-state index < -0.39 is 11.9 Å². The van der Waals surface area contributed by atoms with Crippen molar-refractivity contribution in [2.24, 2.45) is 0 Å². The largest absolute Gasteiger partial charge is 0.478 e. The van der Waals surface area contributed by atoms with Crippen LogP contribution in [-0.2, 0) is 11.3 Å². The average Bonchev–Trinajstić information content (AvgIpc) is 2.58. The Balaban J connectivity index is 2.02. The van der Waals surface area contributed by atoms with Gasteiger partial charge in [-0.25, -0.2) is 9.59 Å². The molecule has 0 amide bonds. The van der Waals surface area contributed by atoms with Crippen LogP contribution in [0.1, 0.15) is 68.4 Å². The van der Waals surface area contributed by atoms with Crippen molar-refractivity contribution in [1.29, 1.82) is 0 Å². The van der Waals surface area contributed by atoms with Crippen LogP contribution in [0.3, 0.4) is 0 Å². The van der Waals surface area contributed by atoms with Gasteiger partial charge >= 0.3 is 11.9 Å². The highest BCUT2D eigenvalue weighted by Gasteiger charge is 2.32. The van der Waals surface area contributed by atoms with Crippen LogP contribution in [0.5, 0.6) is 0 Å². The molecule has 0 saturated heterocycles. The molecule has 0 unspecified atom stereocenters. The first-order valence-electron chi connectivity index (χ1n) is 8.48. The van der Waals surface area contributed by atoms with Crippen LogP contribution in [0, 0.1) is 19.3 Å². The van der Waals surface area contributed by atoms with E-state index >= 15 is 0 Å². The van der Waals surface area contributed by atoms with E-state index in [4.69, 9.17) is 11.2 Å². The molecule has 2 aromatic rings. The lowest BCUT2D eigenvalue weighted by Crippen LogP contribution is -2.22. The summed E-state index contributed by atoms with van der Waals surface area (Å²) in [4.78, 5) is 28.9. The van der Waals surface area contributed by atoms with Crippen LogP contribution in [0.2, 0.25) is 0 Å². The lowest BCUT2D eigenvalue weighted by Gasteiger charge is -2.27. The number of hydrogen-bond acceptors (Lipinski definition) is 4. The van der Waals surface area contributed by atoms with Gasteiger partial charge in [0.15, 0.2) is 0 Å². The first kappa shape index (κ1) is 17.7. The zero-order valence-electron chi connectivity index (χ0n) is 14.5. The van der Waals surface area contributed by atoms with E-state index in [0.717, 1.165) is 24.8 Å². The van der Waals surface area contributed by atoms with Gasteiger partial charge in [0.2, 0.25) is 0 Å². The van der Waals surface area contributed by atoms with Gasteiger partial charge in [-0.3, -0.25) is 4.98 Å². The van der Waals surface area contributed by atoms with E-state index in [1.165, 1.54) is 0 Å². The van der Waals surface area contributed by atoms with Gasteiger partial charge in [0.25, 0.3) is 0 Å². The van der Waals surface area contributed by atoms with E-state index in [0.29, 0.717) is 11.4 Å². The number of carbonyl (C=O) groups is 2. The Labute approximate surface area is 152 Å². The third-order valence-corrected chi connectivity index (χ3v) is 4.67. The molecule has 3 rings (SSSR count). The highest BCUT2D eigenvalue weighted by molar-refractivity contribution is 6.00. The third-order valence-electron chi connectivity index (χ3n) is 4.67. The molecular weight excluding hydrogens is 330 g/mol. The van der Waals surface area contributed by atoms with E-state index in [2.05, 4.69) is 10.9 Å². The Kier molecular flexibility index (Phi) is 5.04. The number of terminal acetylenes is 1. The summed E-state index contributed by atoms with van der Waals surface area (Å²) >= 11 is 0. The van der Waals surface area contributed by atoms with E-state index in [9.17, 15) is 14.7 Å². The summed E-state index contributed by atoms with van der Waals surface area (Å²) in [6.45, 7) is 1.69. The molecule has 1 aliphatic rings. The van der Waals surface area contributed by atoms with Crippen molar-refractivity contribution < 1.29 is 19.4 Å². The molecule has 1 fully saturated rings. The SMILES string of the molecule is C#Cc1c(C(=O)O)c(C)nc(C2CCC2)c1C(=O)OCc1ccccc1. The molecule has 0 bridgehead atoms. The summed E-state index contributed by atoms with van der Waals surface area (Å²) in [5.41, 5.74) is 1.80. The molecule has 1 aromatic carbocycles. The number of esters is 1. The molecule has 1 N–H and O–H groups in total. The monoisotopic (exact) mass is 349 g/mol. The summed E-state index contributed by atoms with van der Waals surface area (Å²) in [5, 5.41) is 9.50. The number of aromatic nitrogens is 1. The van der Waals surface area contributed by atoms with Gasteiger partial charge in [-0.05, 0) is 25.3 Å². The lowest BCUT2D eigenvalue weighted by atomic mass is 9.79. The van der Waals surface area contributed by atoms with E-state index in [-0.39, 0.29) is 29.2 Å². The Morgan fingerprint density at radius 3 is 2.50 bits per heavy atom. The number of pyridine rings is 1. The molecule has 0 spiro atoms. The van der Waals surface area contributed by atoms with Crippen molar-refractivity contribution in [1.82, 2.24) is 4.98 Å². The van der Waals surface area contributed by atoms with E-state index in [1.54, 1.807) is 6.92 Å². The van der Waals surface area contributed by atoms with E-state index in [1.807, 2.05) is 30.3 Å². The topological polar surface area (TPSA) is 76.5 Å². The Morgan fingerprint density at radius 1 is 1.27 bits per heavy atom. The fourth-order valence-corrected chi connectivity index (χ4v) is 3.11. The Bertz CT molecular complexity index is 892. The Morgan fingerprint density at radius 2 is 1.96 bits per heavy atom. The minimum atomic E-state index is -1.19. The number of aryl methyl sites for hydroxylation is 1. The molecule has 1 saturated carbocycles. The number of carboxylic acids is 1. The van der Waals surface area contributed by atoms with Crippen LogP contribution in [-0.4, -0.2) is 22.0 Å². The quantitative estimate of drug-likeness (QED) is 0.658. The van der Waals surface area contributed by atoms with Crippen LogP contribution < -0.4 is 0 Å². The number of carboxylic acid groups (broad SMARTS) is 1. The van der Waals surface area contributed by atoms with Crippen molar-refractivity contribution in [2.45, 2.75) is 38.7 Å². The molecule has 0 aliphatic heterocycles. The van der Waals surface area contributed by atoms with Crippen molar-refractivity contribution in [3.05, 3.63) is 64.0 Å². The number of ether oxygens (including phenoxy) is 1. The molecule has 1 aliphatic carbocycles. The molecule has 5 heteroatoms. The highest BCUT2D eigenvalue weighted by atomic mass is 16.5. The molecular formula is C21H19NO4. The van der Waals surface area contributed by atoms with Gasteiger partial charge in [-0.15, -0.1) is 6.42 Å². The maximum absolute atomic E-state index is 12.8. The fraction of sp³-hybridized carbons (Fsp3) is 0.286. The maximum atomic E-state index is 12.8. The molecule has 0 atom stereocenters. The van der Waals surface area contributed by atoms with Crippen LogP contribution in [0.4, 0.5) is 0 Å². The van der Waals surface area contributed by atoms with Crippen LogP contribution >= 0.6 is 0 Å². The molecule has 1 heterocycles. The first-order chi connectivity index (χ1) is 12.5. The van der Waals surface area contributed by atoms with Crippen molar-refractivity contribution in [3.8, 4) is 12.3 Å². The molecule has 5 nitrogen and oxygen atoms in total. The van der Waals surface area contributed by atoms with Crippen LogP contribution in [0.15, 0.2) is 30.3 Å². The predicted octanol–water partition coefficient (Wildman–Crippen LogP) is 3.69. The Hall–Kier alpha value is -3.13. The van der Waals surface area contributed by atoms with Gasteiger partial charge < -0.3 is 9.84 Å². The van der Waals surface area contributed by atoms with Crippen molar-refractivity contribution in [2.75, 3.05) is 0 Å². The molecule has 1 aromatic heterocycles. The summed E-state index contributed by atoms with van der Waals surface area (Å²) in [6, 6.07) is 9.27. The van der Waals surface area contributed by atoms with Gasteiger partial charge in [0.05, 0.1) is 28.1 Å². The summed E-state index contributed by atoms with van der Waals surface area (Å²) in [5.74, 6) is 0.681. The minimum absolute atomic E-state index is 0.0601. The van der Waals surface area contributed by atoms with Gasteiger partial charge in [-0.1, -0.05) is 42.7 Å². The highest BCUT2D eigenvalue weighted by Crippen LogP contribution is 2.39. The second kappa shape index (κ2) is 7.40. The number of nitrogens with zero attached hydrogens (tertiary/aromatic N) is 1.